The summed E-state index contributed by atoms with van der Waals surface area (Å²) in [5.74, 6) is -0.257. The summed E-state index contributed by atoms with van der Waals surface area (Å²) in [6.07, 6.45) is 1.72. The lowest BCUT2D eigenvalue weighted by Crippen LogP contribution is -2.52. The molecule has 3 rings (SSSR count). The summed E-state index contributed by atoms with van der Waals surface area (Å²) in [6, 6.07) is 5.01. The van der Waals surface area contributed by atoms with Gasteiger partial charge in [0.15, 0.2) is 5.11 Å². The molecule has 0 saturated carbocycles. The number of thiocarbonyl (C=S) groups is 1. The van der Waals surface area contributed by atoms with Crippen LogP contribution in [0.5, 0.6) is 0 Å². The molecular formula is C17H16N2O3S. The molecule has 23 heavy (non-hydrogen) atoms. The molecule has 1 amide bonds. The molecule has 5 nitrogen and oxygen atoms in total. The molecule has 2 heterocycles. The normalized spacial score (nSPS) is 19.8. The summed E-state index contributed by atoms with van der Waals surface area (Å²) in [5, 5.41) is 6.71. The molecule has 0 spiro atoms. The van der Waals surface area contributed by atoms with Gasteiger partial charge in [0.05, 0.1) is 6.04 Å². The van der Waals surface area contributed by atoms with Crippen molar-refractivity contribution < 1.29 is 9.21 Å². The number of carbonyl (C=O) groups excluding carboxylic acids is 1. The van der Waals surface area contributed by atoms with Crippen molar-refractivity contribution in [3.8, 4) is 0 Å². The second kappa shape index (κ2) is 5.62. The van der Waals surface area contributed by atoms with E-state index in [9.17, 15) is 9.59 Å². The van der Waals surface area contributed by atoms with E-state index < -0.39 is 5.63 Å². The van der Waals surface area contributed by atoms with Crippen molar-refractivity contribution in [3.05, 3.63) is 50.9 Å². The first kappa shape index (κ1) is 15.4. The molecular weight excluding hydrogens is 312 g/mol. The van der Waals surface area contributed by atoms with Crippen LogP contribution in [-0.4, -0.2) is 17.1 Å². The predicted octanol–water partition coefficient (Wildman–Crippen LogP) is 2.19. The van der Waals surface area contributed by atoms with Crippen LogP contribution in [-0.2, 0) is 4.79 Å². The summed E-state index contributed by atoms with van der Waals surface area (Å²) in [5.41, 5.74) is 3.27. The minimum Gasteiger partial charge on any atom is -0.423 e. The van der Waals surface area contributed by atoms with Gasteiger partial charge in [0, 0.05) is 17.0 Å². The van der Waals surface area contributed by atoms with Crippen LogP contribution in [0.25, 0.3) is 17.0 Å². The summed E-state index contributed by atoms with van der Waals surface area (Å²) < 4.78 is 5.30. The fourth-order valence-corrected chi connectivity index (χ4v) is 3.14. The molecule has 0 bridgehead atoms. The zero-order valence-electron chi connectivity index (χ0n) is 13.0. The molecule has 1 aliphatic heterocycles. The van der Waals surface area contributed by atoms with Crippen molar-refractivity contribution in [2.24, 2.45) is 0 Å². The van der Waals surface area contributed by atoms with Crippen molar-refractivity contribution in [3.63, 3.8) is 0 Å². The Hall–Kier alpha value is -2.47. The Morgan fingerprint density at radius 3 is 2.65 bits per heavy atom. The van der Waals surface area contributed by atoms with Gasteiger partial charge in [-0.3, -0.25) is 10.1 Å². The van der Waals surface area contributed by atoms with Crippen molar-refractivity contribution in [1.82, 2.24) is 10.6 Å². The van der Waals surface area contributed by atoms with E-state index in [2.05, 4.69) is 10.6 Å². The van der Waals surface area contributed by atoms with E-state index in [4.69, 9.17) is 16.6 Å². The summed E-state index contributed by atoms with van der Waals surface area (Å²) in [4.78, 5) is 24.0. The maximum absolute atomic E-state index is 12.2. The van der Waals surface area contributed by atoms with Crippen LogP contribution in [0.2, 0.25) is 0 Å². The van der Waals surface area contributed by atoms with Crippen LogP contribution >= 0.6 is 12.2 Å². The van der Waals surface area contributed by atoms with E-state index in [0.29, 0.717) is 21.8 Å². The first-order chi connectivity index (χ1) is 10.8. The predicted molar refractivity (Wildman–Crippen MR) is 93.3 cm³/mol. The van der Waals surface area contributed by atoms with Gasteiger partial charge >= 0.3 is 5.63 Å². The molecule has 1 saturated heterocycles. The van der Waals surface area contributed by atoms with Crippen molar-refractivity contribution >= 4 is 40.3 Å². The van der Waals surface area contributed by atoms with E-state index >= 15 is 0 Å². The highest BCUT2D eigenvalue weighted by atomic mass is 32.1. The highest BCUT2D eigenvalue weighted by molar-refractivity contribution is 7.80. The van der Waals surface area contributed by atoms with Gasteiger partial charge in [-0.15, -0.1) is 0 Å². The largest absolute Gasteiger partial charge is 0.423 e. The van der Waals surface area contributed by atoms with Crippen LogP contribution in [0, 0.1) is 13.8 Å². The quantitative estimate of drug-likeness (QED) is 0.477. The van der Waals surface area contributed by atoms with Crippen LogP contribution in [0.15, 0.2) is 33.0 Å². The van der Waals surface area contributed by atoms with Crippen molar-refractivity contribution in [1.29, 1.82) is 0 Å². The van der Waals surface area contributed by atoms with Gasteiger partial charge in [-0.1, -0.05) is 6.07 Å². The number of rotatable bonds is 1. The monoisotopic (exact) mass is 328 g/mol. The van der Waals surface area contributed by atoms with Crippen LogP contribution < -0.4 is 16.3 Å². The van der Waals surface area contributed by atoms with Crippen LogP contribution in [0.1, 0.15) is 23.6 Å². The van der Waals surface area contributed by atoms with Gasteiger partial charge in [-0.2, -0.15) is 0 Å². The van der Waals surface area contributed by atoms with Crippen molar-refractivity contribution in [2.75, 3.05) is 0 Å². The molecule has 1 fully saturated rings. The maximum atomic E-state index is 12.2. The molecule has 1 aromatic carbocycles. The first-order valence-electron chi connectivity index (χ1n) is 7.23. The number of hydrogen-bond acceptors (Lipinski definition) is 4. The fraction of sp³-hybridized carbons (Fsp3) is 0.235. The number of benzene rings is 1. The number of carbonyl (C=O) groups is 1. The molecule has 1 unspecified atom stereocenters. The van der Waals surface area contributed by atoms with Gasteiger partial charge in [0.1, 0.15) is 5.58 Å². The van der Waals surface area contributed by atoms with E-state index in [-0.39, 0.29) is 11.9 Å². The molecule has 2 aromatic rings. The second-order valence-corrected chi connectivity index (χ2v) is 6.13. The average molecular weight is 328 g/mol. The van der Waals surface area contributed by atoms with Crippen molar-refractivity contribution in [2.45, 2.75) is 26.8 Å². The third-order valence-electron chi connectivity index (χ3n) is 3.83. The third kappa shape index (κ3) is 2.90. The molecule has 0 radical (unpaired) electrons. The lowest BCUT2D eigenvalue weighted by atomic mass is 9.98. The molecule has 1 aromatic heterocycles. The van der Waals surface area contributed by atoms with Gasteiger partial charge in [0.25, 0.3) is 5.91 Å². The minimum absolute atomic E-state index is 0.232. The number of amides is 1. The van der Waals surface area contributed by atoms with Gasteiger partial charge in [0.2, 0.25) is 0 Å². The smallest absolute Gasteiger partial charge is 0.336 e. The topological polar surface area (TPSA) is 71.3 Å². The highest BCUT2D eigenvalue weighted by Crippen LogP contribution is 2.25. The van der Waals surface area contributed by atoms with Crippen LogP contribution in [0.4, 0.5) is 0 Å². The van der Waals surface area contributed by atoms with E-state index in [1.807, 2.05) is 32.9 Å². The molecule has 6 heteroatoms. The summed E-state index contributed by atoms with van der Waals surface area (Å²) in [7, 11) is 0. The number of hydrogen-bond donors (Lipinski definition) is 2. The van der Waals surface area contributed by atoms with Gasteiger partial charge in [-0.05, 0) is 61.8 Å². The lowest BCUT2D eigenvalue weighted by molar-refractivity contribution is -0.116. The number of fused-ring (bicyclic) bond motifs is 1. The zero-order valence-corrected chi connectivity index (χ0v) is 13.8. The molecule has 1 atom stereocenters. The maximum Gasteiger partial charge on any atom is 0.336 e. The minimum atomic E-state index is -0.443. The molecule has 118 valence electrons. The molecule has 2 N–H and O–H groups in total. The Bertz CT molecular complexity index is 927. The third-order valence-corrected chi connectivity index (χ3v) is 4.05. The van der Waals surface area contributed by atoms with E-state index in [1.165, 1.54) is 6.07 Å². The Morgan fingerprint density at radius 1 is 1.22 bits per heavy atom. The number of aryl methyl sites for hydroxylation is 2. The Morgan fingerprint density at radius 2 is 1.96 bits per heavy atom. The van der Waals surface area contributed by atoms with E-state index in [0.717, 1.165) is 16.5 Å². The number of nitrogens with one attached hydrogen (secondary N) is 2. The molecule has 0 aliphatic carbocycles. The Labute approximate surface area is 138 Å². The lowest BCUT2D eigenvalue weighted by Gasteiger charge is -2.25. The highest BCUT2D eigenvalue weighted by Gasteiger charge is 2.24. The second-order valence-electron chi connectivity index (χ2n) is 5.72. The Kier molecular flexibility index (Phi) is 3.77. The average Bonchev–Trinajstić information content (AvgIpc) is 2.41. The fourth-order valence-electron chi connectivity index (χ4n) is 2.87. The molecule has 1 aliphatic rings. The first-order valence-corrected chi connectivity index (χ1v) is 7.64. The summed E-state index contributed by atoms with van der Waals surface area (Å²) in [6.45, 7) is 5.75. The van der Waals surface area contributed by atoms with E-state index in [1.54, 1.807) is 6.08 Å². The SMILES string of the molecule is Cc1cc(C)c2c(/C=C3/C(=O)NC(=S)NC3C)cc(=O)oc2c1. The summed E-state index contributed by atoms with van der Waals surface area (Å²) >= 11 is 4.98. The zero-order chi connectivity index (χ0) is 16.7. The van der Waals surface area contributed by atoms with Gasteiger partial charge in [-0.25, -0.2) is 4.79 Å². The standard InChI is InChI=1S/C17H16N2O3S/c1-8-4-9(2)15-11(7-14(20)22-13(15)5-8)6-12-10(3)18-17(23)19-16(12)21/h4-7,10H,1-3H3,(H2,18,19,21,23)/b12-6+. The van der Waals surface area contributed by atoms with Gasteiger partial charge < -0.3 is 9.73 Å². The van der Waals surface area contributed by atoms with Crippen LogP contribution in [0.3, 0.4) is 0 Å². The Balaban J connectivity index is 2.24.